The van der Waals surface area contributed by atoms with Gasteiger partial charge in [0.15, 0.2) is 0 Å². The number of aliphatic carboxylic acids is 2. The summed E-state index contributed by atoms with van der Waals surface area (Å²) in [5.41, 5.74) is 0. The van der Waals surface area contributed by atoms with Crippen LogP contribution in [0.25, 0.3) is 0 Å². The summed E-state index contributed by atoms with van der Waals surface area (Å²) in [5.74, 6) is -0.721. The zero-order valence-corrected chi connectivity index (χ0v) is 13.7. The number of rotatable bonds is 5. The van der Waals surface area contributed by atoms with Crippen LogP contribution in [0, 0.1) is 0 Å². The van der Waals surface area contributed by atoms with Crippen LogP contribution in [0.3, 0.4) is 0 Å². The van der Waals surface area contributed by atoms with Gasteiger partial charge in [-0.25, -0.2) is 19.6 Å². The summed E-state index contributed by atoms with van der Waals surface area (Å²) >= 11 is 7.59. The molecule has 9 heteroatoms. The summed E-state index contributed by atoms with van der Waals surface area (Å²) in [4.78, 5) is 27.5. The van der Waals surface area contributed by atoms with Crippen LogP contribution >= 0.6 is 23.4 Å². The zero-order valence-electron chi connectivity index (χ0n) is 12.1. The van der Waals surface area contributed by atoms with Gasteiger partial charge in [0, 0.05) is 37.8 Å². The van der Waals surface area contributed by atoms with Crippen LogP contribution in [0.4, 0.5) is 0 Å². The Bertz CT molecular complexity index is 687. The van der Waals surface area contributed by atoms with Crippen LogP contribution in [0.2, 0.25) is 5.02 Å². The summed E-state index contributed by atoms with van der Waals surface area (Å²) in [5, 5.41) is 17.2. The van der Waals surface area contributed by atoms with Crippen molar-refractivity contribution in [1.82, 2.24) is 14.5 Å². The number of thioether (sulfide) groups is 1. The highest BCUT2D eigenvalue weighted by Gasteiger charge is 2.04. The van der Waals surface area contributed by atoms with Crippen molar-refractivity contribution in [1.29, 1.82) is 0 Å². The maximum absolute atomic E-state index is 9.55. The molecule has 7 nitrogen and oxygen atoms in total. The first kappa shape index (κ1) is 18.7. The molecule has 0 aliphatic rings. The molecule has 2 rings (SSSR count). The Morgan fingerprint density at radius 2 is 1.91 bits per heavy atom. The minimum atomic E-state index is -1.26. The van der Waals surface area contributed by atoms with Crippen LogP contribution < -0.4 is 0 Å². The first-order chi connectivity index (χ1) is 10.9. The Hall–Kier alpha value is -2.32. The zero-order chi connectivity index (χ0) is 17.2. The Morgan fingerprint density at radius 1 is 1.26 bits per heavy atom. The predicted molar refractivity (Wildman–Crippen MR) is 86.4 cm³/mol. The molecule has 0 saturated heterocycles. The molecule has 0 amide bonds. The van der Waals surface area contributed by atoms with Crippen molar-refractivity contribution in [3.8, 4) is 0 Å². The number of carboxylic acid groups (broad SMARTS) is 2. The number of pyridine rings is 1. The van der Waals surface area contributed by atoms with Gasteiger partial charge >= 0.3 is 11.9 Å². The molecule has 2 aromatic heterocycles. The summed E-state index contributed by atoms with van der Waals surface area (Å²) in [6.45, 7) is 0. The molecule has 0 aromatic carbocycles. The number of hydrogen-bond donors (Lipinski definition) is 2. The molecule has 2 N–H and O–H groups in total. The van der Waals surface area contributed by atoms with Gasteiger partial charge in [0.05, 0.1) is 10.8 Å². The molecule has 2 aromatic rings. The molecular weight excluding hydrogens is 342 g/mol. The van der Waals surface area contributed by atoms with E-state index in [0.29, 0.717) is 17.2 Å². The molecule has 122 valence electrons. The van der Waals surface area contributed by atoms with Crippen molar-refractivity contribution >= 4 is 35.3 Å². The van der Waals surface area contributed by atoms with Crippen molar-refractivity contribution < 1.29 is 19.8 Å². The van der Waals surface area contributed by atoms with E-state index in [0.717, 1.165) is 16.6 Å². The van der Waals surface area contributed by atoms with Crippen LogP contribution in [0.5, 0.6) is 0 Å². The lowest BCUT2D eigenvalue weighted by atomic mass is 10.5. The topological polar surface area (TPSA) is 105 Å². The van der Waals surface area contributed by atoms with Crippen molar-refractivity contribution in [2.24, 2.45) is 7.05 Å². The van der Waals surface area contributed by atoms with Gasteiger partial charge in [0.25, 0.3) is 0 Å². The number of nitrogens with zero attached hydrogens (tertiary/aromatic N) is 3. The van der Waals surface area contributed by atoms with Gasteiger partial charge in [0.2, 0.25) is 0 Å². The van der Waals surface area contributed by atoms with E-state index < -0.39 is 11.9 Å². The quantitative estimate of drug-likeness (QED) is 0.626. The predicted octanol–water partition coefficient (Wildman–Crippen LogP) is 2.47. The average Bonchev–Trinajstić information content (AvgIpc) is 2.90. The van der Waals surface area contributed by atoms with E-state index in [4.69, 9.17) is 21.8 Å². The maximum Gasteiger partial charge on any atom is 0.328 e. The van der Waals surface area contributed by atoms with Gasteiger partial charge in [-0.1, -0.05) is 23.4 Å². The van der Waals surface area contributed by atoms with Crippen molar-refractivity contribution in [2.75, 3.05) is 0 Å². The second-order valence-corrected chi connectivity index (χ2v) is 5.41. The third-order valence-corrected chi connectivity index (χ3v) is 3.77. The molecule has 0 bridgehead atoms. The minimum Gasteiger partial charge on any atom is -0.478 e. The van der Waals surface area contributed by atoms with Gasteiger partial charge in [0.1, 0.15) is 10.9 Å². The van der Waals surface area contributed by atoms with Crippen molar-refractivity contribution in [2.45, 2.75) is 10.8 Å². The van der Waals surface area contributed by atoms with E-state index in [1.165, 1.54) is 0 Å². The fourth-order valence-electron chi connectivity index (χ4n) is 1.29. The van der Waals surface area contributed by atoms with Gasteiger partial charge in [-0.3, -0.25) is 0 Å². The molecule has 0 unspecified atom stereocenters. The molecule has 2 heterocycles. The second kappa shape index (κ2) is 9.65. The molecule has 0 aliphatic carbocycles. The van der Waals surface area contributed by atoms with E-state index in [1.54, 1.807) is 24.2 Å². The number of aryl methyl sites for hydroxylation is 1. The molecule has 0 saturated carbocycles. The van der Waals surface area contributed by atoms with E-state index in [2.05, 4.69) is 9.97 Å². The molecular formula is C14H14ClN3O4S. The number of carboxylic acids is 2. The monoisotopic (exact) mass is 355 g/mol. The van der Waals surface area contributed by atoms with Gasteiger partial charge < -0.3 is 14.8 Å². The third kappa shape index (κ3) is 7.48. The number of imidazole rings is 1. The first-order valence-corrected chi connectivity index (χ1v) is 7.60. The largest absolute Gasteiger partial charge is 0.478 e. The lowest BCUT2D eigenvalue weighted by Gasteiger charge is -2.02. The summed E-state index contributed by atoms with van der Waals surface area (Å²) in [6, 6.07) is 3.67. The SMILES string of the molecule is Cn1ccnc1CSc1ncccc1Cl.O=C(O)C=CC(=O)O. The van der Waals surface area contributed by atoms with Crippen LogP contribution in [0.1, 0.15) is 5.82 Å². The highest BCUT2D eigenvalue weighted by molar-refractivity contribution is 7.98. The average molecular weight is 356 g/mol. The van der Waals surface area contributed by atoms with Gasteiger partial charge in [-0.05, 0) is 12.1 Å². The van der Waals surface area contributed by atoms with E-state index in [9.17, 15) is 9.59 Å². The molecule has 0 fully saturated rings. The van der Waals surface area contributed by atoms with Gasteiger partial charge in [-0.2, -0.15) is 0 Å². The highest BCUT2D eigenvalue weighted by Crippen LogP contribution is 2.26. The van der Waals surface area contributed by atoms with E-state index >= 15 is 0 Å². The highest BCUT2D eigenvalue weighted by atomic mass is 35.5. The van der Waals surface area contributed by atoms with E-state index in [1.807, 2.05) is 29.9 Å². The molecule has 23 heavy (non-hydrogen) atoms. The number of hydrogen-bond acceptors (Lipinski definition) is 5. The fourth-order valence-corrected chi connectivity index (χ4v) is 2.46. The number of halogens is 1. The molecule has 0 radical (unpaired) electrons. The Kier molecular flexibility index (Phi) is 7.86. The Balaban J connectivity index is 0.000000284. The van der Waals surface area contributed by atoms with Crippen molar-refractivity contribution in [3.63, 3.8) is 0 Å². The number of aromatic nitrogens is 3. The van der Waals surface area contributed by atoms with E-state index in [-0.39, 0.29) is 0 Å². The van der Waals surface area contributed by atoms with Gasteiger partial charge in [-0.15, -0.1) is 0 Å². The maximum atomic E-state index is 9.55. The van der Waals surface area contributed by atoms with Crippen LogP contribution in [-0.4, -0.2) is 36.7 Å². The summed E-state index contributed by atoms with van der Waals surface area (Å²) < 4.78 is 1.99. The van der Waals surface area contributed by atoms with Crippen LogP contribution in [-0.2, 0) is 22.4 Å². The smallest absolute Gasteiger partial charge is 0.328 e. The molecule has 0 aliphatic heterocycles. The Morgan fingerprint density at radius 3 is 2.39 bits per heavy atom. The summed E-state index contributed by atoms with van der Waals surface area (Å²) in [7, 11) is 1.98. The van der Waals surface area contributed by atoms with Crippen molar-refractivity contribution in [3.05, 3.63) is 53.7 Å². The van der Waals surface area contributed by atoms with Crippen LogP contribution in [0.15, 0.2) is 47.9 Å². The normalized spacial score (nSPS) is 10.2. The standard InChI is InChI=1S/C10H10ClN3S.C4H4O4/c1-14-6-5-12-9(14)7-15-10-8(11)3-2-4-13-10;5-3(6)1-2-4(7)8/h2-6H,7H2,1H3;1-2H,(H,5,6)(H,7,8). The lowest BCUT2D eigenvalue weighted by molar-refractivity contribution is -0.134. The fraction of sp³-hybridized carbons (Fsp3) is 0.143. The Labute approximate surface area is 141 Å². The molecule has 0 spiro atoms. The number of carbonyl (C=O) groups is 2. The summed E-state index contributed by atoms with van der Waals surface area (Å²) in [6.07, 6.45) is 6.57. The third-order valence-electron chi connectivity index (χ3n) is 2.35. The minimum absolute atomic E-state index is 0.558. The lowest BCUT2D eigenvalue weighted by Crippen LogP contribution is -1.94. The molecule has 0 atom stereocenters. The first-order valence-electron chi connectivity index (χ1n) is 6.23. The second-order valence-electron chi connectivity index (χ2n) is 4.04.